The molecule has 1 aliphatic carbocycles. The maximum atomic E-state index is 14.7. The number of hydrogen-bond donors (Lipinski definition) is 3. The molecule has 4 aliphatic heterocycles. The fourth-order valence-corrected chi connectivity index (χ4v) is 9.48. The van der Waals surface area contributed by atoms with Crippen LogP contribution in [0.2, 0.25) is 0 Å². The lowest BCUT2D eigenvalue weighted by atomic mass is 9.73. The molecule has 302 valence electrons. The van der Waals surface area contributed by atoms with E-state index in [2.05, 4.69) is 42.2 Å². The van der Waals surface area contributed by atoms with Gasteiger partial charge in [0.15, 0.2) is 0 Å². The number of hydrogen-bond acceptors (Lipinski definition) is 10. The summed E-state index contributed by atoms with van der Waals surface area (Å²) >= 11 is 1.40. The Balaban J connectivity index is 0.000000182. The fourth-order valence-electron chi connectivity index (χ4n) is 8.64. The second kappa shape index (κ2) is 16.8. The Hall–Kier alpha value is -4.02. The number of rotatable bonds is 8. The van der Waals surface area contributed by atoms with Crippen LogP contribution in [0.1, 0.15) is 81.8 Å². The number of halogens is 5. The summed E-state index contributed by atoms with van der Waals surface area (Å²) in [6.45, 7) is 7.16. The number of carbonyl (C=O) groups excluding carboxylic acids is 2. The zero-order valence-electron chi connectivity index (χ0n) is 31.7. The van der Waals surface area contributed by atoms with E-state index >= 15 is 0 Å². The fraction of sp³-hybridized carbons (Fsp3) is 0.550. The Morgan fingerprint density at radius 1 is 0.911 bits per heavy atom. The number of benzene rings is 2. The van der Waals surface area contributed by atoms with E-state index in [0.29, 0.717) is 36.5 Å². The van der Waals surface area contributed by atoms with Crippen molar-refractivity contribution in [2.24, 2.45) is 11.3 Å². The van der Waals surface area contributed by atoms with Gasteiger partial charge in [-0.1, -0.05) is 32.3 Å². The summed E-state index contributed by atoms with van der Waals surface area (Å²) in [5, 5.41) is 5.04. The Kier molecular flexibility index (Phi) is 12.1. The maximum absolute atomic E-state index is 14.7. The van der Waals surface area contributed by atoms with Crippen molar-refractivity contribution in [1.82, 2.24) is 24.9 Å². The lowest BCUT2D eigenvalue weighted by Gasteiger charge is -2.60. The highest BCUT2D eigenvalue weighted by molar-refractivity contribution is 7.97. The second-order valence-electron chi connectivity index (χ2n) is 16.2. The van der Waals surface area contributed by atoms with Gasteiger partial charge >= 0.3 is 6.18 Å². The minimum Gasteiger partial charge on any atom is -0.370 e. The monoisotopic (exact) mass is 800 g/mol. The zero-order chi connectivity index (χ0) is 39.6. The molecule has 5 fully saturated rings. The first-order valence-electron chi connectivity index (χ1n) is 19.5. The van der Waals surface area contributed by atoms with Gasteiger partial charge in [-0.05, 0) is 87.3 Å². The van der Waals surface area contributed by atoms with Crippen molar-refractivity contribution in [2.75, 3.05) is 61.4 Å². The largest absolute Gasteiger partial charge is 0.421 e. The third-order valence-electron chi connectivity index (χ3n) is 11.4. The van der Waals surface area contributed by atoms with E-state index in [1.54, 1.807) is 23.1 Å². The molecule has 2 amide bonds. The first-order valence-corrected chi connectivity index (χ1v) is 20.3. The van der Waals surface area contributed by atoms with Gasteiger partial charge in [0.1, 0.15) is 23.0 Å². The quantitative estimate of drug-likeness (QED) is 0.120. The van der Waals surface area contributed by atoms with Gasteiger partial charge in [0.25, 0.3) is 0 Å². The number of likely N-dealkylation sites (tertiary alicyclic amines) is 1. The van der Waals surface area contributed by atoms with Crippen LogP contribution in [0.4, 0.5) is 45.1 Å². The van der Waals surface area contributed by atoms with Crippen LogP contribution in [0, 0.1) is 23.0 Å². The van der Waals surface area contributed by atoms with Crippen molar-refractivity contribution in [2.45, 2.75) is 87.7 Å². The molecule has 5 heterocycles. The maximum Gasteiger partial charge on any atom is 0.421 e. The molecular weight excluding hydrogens is 752 g/mol. The number of amides is 2. The normalized spacial score (nSPS) is 22.8. The summed E-state index contributed by atoms with van der Waals surface area (Å²) in [5.74, 6) is -2.05. The van der Waals surface area contributed by atoms with Gasteiger partial charge < -0.3 is 20.0 Å². The minimum atomic E-state index is -4.57. The number of nitrogens with zero attached hydrogens (tertiary/aromatic N) is 5. The molecule has 1 saturated carbocycles. The highest BCUT2D eigenvalue weighted by atomic mass is 32.2. The van der Waals surface area contributed by atoms with Crippen LogP contribution in [0.15, 0.2) is 47.5 Å². The molecule has 5 aliphatic rings. The van der Waals surface area contributed by atoms with E-state index in [9.17, 15) is 31.5 Å². The lowest BCUT2D eigenvalue weighted by molar-refractivity contribution is -0.138. The Morgan fingerprint density at radius 2 is 1.68 bits per heavy atom. The summed E-state index contributed by atoms with van der Waals surface area (Å²) in [5.41, 5.74) is 0.905. The van der Waals surface area contributed by atoms with Crippen LogP contribution in [0.5, 0.6) is 0 Å². The standard InChI is InChI=1S/C23H29F4N5S.C17H20FN3O2/c1-15-6-5-11-32(14-15)21-18(23(25,26)27)13-28-22(30-21)29-20-10-9-17(12-19(20)24)33-31-16-7-3-2-4-8-16;1-20-7-17(8-20)9-21(10-17)11-2-3-12(14(18)6-11)13-4-5-15(22)19-16(13)23/h9-10,12-13,15-16,31H,2-8,11,14H2,1H3,(H,28,29,30);2-3,6,13H,4-5,7-10H2,1H3,(H,19,22,23). The summed E-state index contributed by atoms with van der Waals surface area (Å²) in [4.78, 5) is 37.9. The van der Waals surface area contributed by atoms with Gasteiger partial charge in [0, 0.05) is 79.5 Å². The molecule has 2 unspecified atom stereocenters. The average Bonchev–Trinajstić information content (AvgIpc) is 3.13. The van der Waals surface area contributed by atoms with E-state index in [1.165, 1.54) is 43.3 Å². The first kappa shape index (κ1) is 40.2. The van der Waals surface area contributed by atoms with Crippen LogP contribution in [-0.2, 0) is 15.8 Å². The van der Waals surface area contributed by atoms with Crippen LogP contribution >= 0.6 is 11.9 Å². The highest BCUT2D eigenvalue weighted by Crippen LogP contribution is 2.42. The lowest BCUT2D eigenvalue weighted by Crippen LogP contribution is -2.71. The molecule has 16 heteroatoms. The highest BCUT2D eigenvalue weighted by Gasteiger charge is 2.50. The molecule has 56 heavy (non-hydrogen) atoms. The van der Waals surface area contributed by atoms with Crippen molar-refractivity contribution in [3.63, 3.8) is 0 Å². The Labute approximate surface area is 328 Å². The van der Waals surface area contributed by atoms with E-state index in [-0.39, 0.29) is 41.5 Å². The third kappa shape index (κ3) is 9.39. The van der Waals surface area contributed by atoms with Gasteiger partial charge in [-0.3, -0.25) is 19.6 Å². The number of anilines is 4. The van der Waals surface area contributed by atoms with Crippen molar-refractivity contribution in [1.29, 1.82) is 0 Å². The SMILES string of the molecule is CC1CCCN(c2nc(Nc3ccc(SNC4CCCCC4)cc3F)ncc2C(F)(F)F)C1.CN1CC2(C1)CN(c1ccc(C3CCC(=O)NC3=O)c(F)c1)C2. The molecule has 3 N–H and O–H groups in total. The van der Waals surface area contributed by atoms with Gasteiger partial charge in [0.2, 0.25) is 17.8 Å². The number of nitrogens with one attached hydrogen (secondary N) is 3. The topological polar surface area (TPSA) is 106 Å². The summed E-state index contributed by atoms with van der Waals surface area (Å²) in [7, 11) is 2.11. The van der Waals surface area contributed by atoms with E-state index in [1.807, 2.05) is 13.0 Å². The number of aromatic nitrogens is 2. The predicted molar refractivity (Wildman–Crippen MR) is 207 cm³/mol. The molecule has 0 bridgehead atoms. The molecular formula is C40H49F5N8O2S. The van der Waals surface area contributed by atoms with Crippen molar-refractivity contribution >= 4 is 46.9 Å². The van der Waals surface area contributed by atoms with Gasteiger partial charge in [-0.2, -0.15) is 18.2 Å². The zero-order valence-corrected chi connectivity index (χ0v) is 32.5. The second-order valence-corrected chi connectivity index (χ2v) is 17.1. The molecule has 1 spiro atoms. The number of alkyl halides is 3. The van der Waals surface area contributed by atoms with Gasteiger partial charge in [0.05, 0.1) is 11.6 Å². The molecule has 10 nitrogen and oxygen atoms in total. The third-order valence-corrected chi connectivity index (χ3v) is 12.3. The minimum absolute atomic E-state index is 0.0594. The summed E-state index contributed by atoms with van der Waals surface area (Å²) in [6.07, 6.45) is 4.55. The predicted octanol–water partition coefficient (Wildman–Crippen LogP) is 7.64. The molecule has 0 radical (unpaired) electrons. The van der Waals surface area contributed by atoms with Crippen LogP contribution in [0.3, 0.4) is 0 Å². The van der Waals surface area contributed by atoms with E-state index < -0.39 is 29.4 Å². The van der Waals surface area contributed by atoms with E-state index in [0.717, 1.165) is 68.6 Å². The molecule has 8 rings (SSSR count). The number of piperidine rings is 2. The Bertz CT molecular complexity index is 1900. The first-order chi connectivity index (χ1) is 26.7. The van der Waals surface area contributed by atoms with Crippen molar-refractivity contribution in [3.05, 3.63) is 65.4 Å². The molecule has 4 saturated heterocycles. The molecule has 2 atom stereocenters. The number of carbonyl (C=O) groups is 2. The number of imide groups is 1. The Morgan fingerprint density at radius 3 is 2.34 bits per heavy atom. The van der Waals surface area contributed by atoms with Crippen LogP contribution in [0.25, 0.3) is 0 Å². The molecule has 3 aromatic rings. The van der Waals surface area contributed by atoms with E-state index in [4.69, 9.17) is 0 Å². The van der Waals surface area contributed by atoms with Crippen molar-refractivity contribution in [3.8, 4) is 0 Å². The average molecular weight is 801 g/mol. The summed E-state index contributed by atoms with van der Waals surface area (Å²) in [6, 6.07) is 10.3. The van der Waals surface area contributed by atoms with Gasteiger partial charge in [-0.15, -0.1) is 0 Å². The van der Waals surface area contributed by atoms with Crippen LogP contribution in [-0.4, -0.2) is 79.0 Å². The van der Waals surface area contributed by atoms with Crippen molar-refractivity contribution < 1.29 is 31.5 Å². The molecule has 2 aromatic carbocycles. The smallest absolute Gasteiger partial charge is 0.370 e. The molecule has 1 aromatic heterocycles. The van der Waals surface area contributed by atoms with Gasteiger partial charge in [-0.25, -0.2) is 13.8 Å². The van der Waals surface area contributed by atoms with Crippen LogP contribution < -0.4 is 25.2 Å². The summed E-state index contributed by atoms with van der Waals surface area (Å²) < 4.78 is 73.3.